The maximum Gasteiger partial charge on any atom is 0.437 e. The third-order valence-electron chi connectivity index (χ3n) is 4.15. The molecule has 3 aromatic rings. The number of rotatable bonds is 6. The molecule has 2 aromatic heterocycles. The summed E-state index contributed by atoms with van der Waals surface area (Å²) >= 11 is 4.23. The van der Waals surface area contributed by atoms with E-state index in [0.29, 0.717) is 6.33 Å². The molecule has 0 bridgehead atoms. The summed E-state index contributed by atoms with van der Waals surface area (Å²) in [5, 5.41) is 14.9. The first kappa shape index (κ1) is 24.3. The quantitative estimate of drug-likeness (QED) is 0.515. The zero-order chi connectivity index (χ0) is 24.3. The van der Waals surface area contributed by atoms with Gasteiger partial charge in [0.15, 0.2) is 5.69 Å². The van der Waals surface area contributed by atoms with Crippen LogP contribution >= 0.6 is 11.6 Å². The van der Waals surface area contributed by atoms with Crippen molar-refractivity contribution >= 4 is 22.8 Å². The fraction of sp³-hybridized carbons (Fsp3) is 0.211. The van der Waals surface area contributed by atoms with Crippen LogP contribution in [-0.4, -0.2) is 30.1 Å². The Morgan fingerprint density at radius 3 is 2.67 bits per heavy atom. The second kappa shape index (κ2) is 9.65. The van der Waals surface area contributed by atoms with Crippen molar-refractivity contribution in [3.05, 3.63) is 73.3 Å². The lowest BCUT2D eigenvalue weighted by atomic mass is 10.2. The monoisotopic (exact) mass is 499 g/mol. The van der Waals surface area contributed by atoms with Gasteiger partial charge in [0.25, 0.3) is 5.56 Å². The SMILES string of the molecule is CC[S+]([O-])c1cc(Cn2cnc(C(F)(F)F)c(Oc3cc(Cl)cc(C#N)c3)c2=O)n[nH]c1=O. The molecule has 172 valence electrons. The Hall–Kier alpha value is -3.34. The zero-order valence-electron chi connectivity index (χ0n) is 16.6. The van der Waals surface area contributed by atoms with E-state index in [4.69, 9.17) is 21.6 Å². The molecule has 9 nitrogen and oxygen atoms in total. The van der Waals surface area contributed by atoms with Gasteiger partial charge >= 0.3 is 11.7 Å². The first-order valence-corrected chi connectivity index (χ1v) is 10.7. The van der Waals surface area contributed by atoms with Crippen molar-refractivity contribution in [3.63, 3.8) is 0 Å². The number of benzene rings is 1. The van der Waals surface area contributed by atoms with Crippen LogP contribution in [0.5, 0.6) is 11.5 Å². The number of hydrogen-bond donors (Lipinski definition) is 1. The lowest BCUT2D eigenvalue weighted by Gasteiger charge is -2.15. The molecule has 0 fully saturated rings. The van der Waals surface area contributed by atoms with Gasteiger partial charge < -0.3 is 9.29 Å². The summed E-state index contributed by atoms with van der Waals surface area (Å²) in [6.45, 7) is 1.20. The number of nitrogens with one attached hydrogen (secondary N) is 1. The number of alkyl halides is 3. The molecule has 14 heteroatoms. The van der Waals surface area contributed by atoms with Crippen molar-refractivity contribution in [1.29, 1.82) is 5.26 Å². The van der Waals surface area contributed by atoms with E-state index in [0.717, 1.165) is 16.7 Å². The number of halogens is 4. The minimum Gasteiger partial charge on any atom is -0.611 e. The van der Waals surface area contributed by atoms with E-state index in [1.54, 1.807) is 13.0 Å². The second-order valence-corrected chi connectivity index (χ2v) is 8.57. The van der Waals surface area contributed by atoms with Crippen LogP contribution in [-0.2, 0) is 23.9 Å². The molecule has 33 heavy (non-hydrogen) atoms. The summed E-state index contributed by atoms with van der Waals surface area (Å²) in [6, 6.07) is 6.48. The molecule has 3 rings (SSSR count). The van der Waals surface area contributed by atoms with Crippen LogP contribution in [0.2, 0.25) is 5.02 Å². The van der Waals surface area contributed by atoms with Gasteiger partial charge in [0, 0.05) is 11.1 Å². The highest BCUT2D eigenvalue weighted by molar-refractivity contribution is 7.91. The smallest absolute Gasteiger partial charge is 0.437 e. The van der Waals surface area contributed by atoms with Crippen molar-refractivity contribution in [2.24, 2.45) is 0 Å². The number of nitrogens with zero attached hydrogens (tertiary/aromatic N) is 4. The lowest BCUT2D eigenvalue weighted by molar-refractivity contribution is -0.142. The van der Waals surface area contributed by atoms with Gasteiger partial charge in [-0.15, -0.1) is 0 Å². The maximum atomic E-state index is 13.5. The third kappa shape index (κ3) is 5.54. The number of aromatic amines is 1. The van der Waals surface area contributed by atoms with Gasteiger partial charge in [0.1, 0.15) is 11.5 Å². The van der Waals surface area contributed by atoms with E-state index >= 15 is 0 Å². The van der Waals surface area contributed by atoms with Gasteiger partial charge in [-0.25, -0.2) is 10.1 Å². The molecule has 0 aliphatic heterocycles. The molecule has 0 amide bonds. The first-order chi connectivity index (χ1) is 15.5. The molecule has 0 radical (unpaired) electrons. The Labute approximate surface area is 191 Å². The fourth-order valence-corrected chi connectivity index (χ4v) is 3.74. The van der Waals surface area contributed by atoms with E-state index in [1.807, 2.05) is 0 Å². The summed E-state index contributed by atoms with van der Waals surface area (Å²) < 4.78 is 58.4. The number of nitriles is 1. The van der Waals surface area contributed by atoms with Gasteiger partial charge in [0.2, 0.25) is 10.6 Å². The van der Waals surface area contributed by atoms with Crippen molar-refractivity contribution in [2.45, 2.75) is 24.5 Å². The van der Waals surface area contributed by atoms with Gasteiger partial charge in [0.05, 0.1) is 30.2 Å². The van der Waals surface area contributed by atoms with Crippen LogP contribution in [0.1, 0.15) is 23.9 Å². The fourth-order valence-electron chi connectivity index (χ4n) is 2.69. The predicted octanol–water partition coefficient (Wildman–Crippen LogP) is 2.84. The van der Waals surface area contributed by atoms with Gasteiger partial charge in [-0.2, -0.15) is 23.5 Å². The summed E-state index contributed by atoms with van der Waals surface area (Å²) in [6.07, 6.45) is -4.37. The summed E-state index contributed by atoms with van der Waals surface area (Å²) in [4.78, 5) is 27.9. The summed E-state index contributed by atoms with van der Waals surface area (Å²) in [5.41, 5.74) is -3.42. The average molecular weight is 500 g/mol. The molecule has 0 saturated heterocycles. The van der Waals surface area contributed by atoms with Crippen molar-refractivity contribution < 1.29 is 22.5 Å². The lowest BCUT2D eigenvalue weighted by Crippen LogP contribution is -2.28. The number of ether oxygens (including phenoxy) is 1. The van der Waals surface area contributed by atoms with Crippen molar-refractivity contribution in [1.82, 2.24) is 19.7 Å². The standard InChI is InChI=1S/C19H13ClF3N5O4S/c1-2-33(31)14-6-12(26-27-17(14)29)8-28-9-25-16(19(21,22)23)15(18(28)30)32-13-4-10(7-24)3-11(20)5-13/h3-6,9H,2,8H2,1H3,(H,27,29). The Kier molecular flexibility index (Phi) is 7.11. The molecule has 0 aliphatic rings. The topological polar surface area (TPSA) is 137 Å². The van der Waals surface area contributed by atoms with E-state index in [2.05, 4.69) is 15.2 Å². The molecule has 0 aliphatic carbocycles. The molecule has 1 atom stereocenters. The molecule has 1 N–H and O–H groups in total. The Bertz CT molecular complexity index is 1350. The molecule has 0 saturated carbocycles. The molecule has 1 aromatic carbocycles. The average Bonchev–Trinajstić information content (AvgIpc) is 2.75. The molecule has 2 heterocycles. The van der Waals surface area contributed by atoms with Crippen LogP contribution < -0.4 is 15.9 Å². The van der Waals surface area contributed by atoms with Crippen LogP contribution in [0, 0.1) is 11.3 Å². The van der Waals surface area contributed by atoms with Gasteiger partial charge in [-0.05, 0) is 36.3 Å². The third-order valence-corrected chi connectivity index (χ3v) is 5.68. The summed E-state index contributed by atoms with van der Waals surface area (Å²) in [5.74, 6) is -1.27. The van der Waals surface area contributed by atoms with Gasteiger partial charge in [-0.1, -0.05) is 11.6 Å². The number of aromatic nitrogens is 4. The minimum absolute atomic E-state index is 0.00386. The maximum absolute atomic E-state index is 13.5. The first-order valence-electron chi connectivity index (χ1n) is 9.05. The molecular formula is C19H13ClF3N5O4S. The van der Waals surface area contributed by atoms with E-state index < -0.39 is 46.5 Å². The highest BCUT2D eigenvalue weighted by Crippen LogP contribution is 2.35. The second-order valence-electron chi connectivity index (χ2n) is 6.43. The van der Waals surface area contributed by atoms with Gasteiger partial charge in [-0.3, -0.25) is 14.2 Å². The van der Waals surface area contributed by atoms with Crippen LogP contribution in [0.15, 0.2) is 45.1 Å². The largest absolute Gasteiger partial charge is 0.611 e. The minimum atomic E-state index is -5.02. The predicted molar refractivity (Wildman–Crippen MR) is 111 cm³/mol. The number of H-pyrrole nitrogens is 1. The van der Waals surface area contributed by atoms with E-state index in [-0.39, 0.29) is 32.7 Å². The Balaban J connectivity index is 2.08. The molecule has 0 spiro atoms. The Morgan fingerprint density at radius 1 is 1.30 bits per heavy atom. The van der Waals surface area contributed by atoms with Crippen molar-refractivity contribution in [3.8, 4) is 17.6 Å². The highest BCUT2D eigenvalue weighted by atomic mass is 35.5. The highest BCUT2D eigenvalue weighted by Gasteiger charge is 2.39. The molecular weight excluding hydrogens is 487 g/mol. The van der Waals surface area contributed by atoms with E-state index in [9.17, 15) is 27.3 Å². The zero-order valence-corrected chi connectivity index (χ0v) is 18.2. The van der Waals surface area contributed by atoms with Crippen LogP contribution in [0.25, 0.3) is 0 Å². The normalized spacial score (nSPS) is 12.3. The number of hydrogen-bond acceptors (Lipinski definition) is 7. The molecule has 1 unspecified atom stereocenters. The Morgan fingerprint density at radius 2 is 2.03 bits per heavy atom. The van der Waals surface area contributed by atoms with E-state index in [1.165, 1.54) is 12.1 Å². The summed E-state index contributed by atoms with van der Waals surface area (Å²) in [7, 11) is 0. The van der Waals surface area contributed by atoms with Crippen LogP contribution in [0.4, 0.5) is 13.2 Å². The van der Waals surface area contributed by atoms with Crippen molar-refractivity contribution in [2.75, 3.05) is 5.75 Å². The van der Waals surface area contributed by atoms with Crippen LogP contribution in [0.3, 0.4) is 0 Å².